The smallest absolute Gasteiger partial charge is 0.266 e. The van der Waals surface area contributed by atoms with E-state index in [1.165, 1.54) is 4.57 Å². The van der Waals surface area contributed by atoms with Gasteiger partial charge in [-0.3, -0.25) is 14.2 Å². The number of rotatable bonds is 5. The maximum absolute atomic E-state index is 13.8. The Labute approximate surface area is 187 Å². The van der Waals surface area contributed by atoms with Crippen molar-refractivity contribution in [3.8, 4) is 5.69 Å². The first kappa shape index (κ1) is 21.7. The Morgan fingerprint density at radius 2 is 1.81 bits per heavy atom. The van der Waals surface area contributed by atoms with E-state index in [1.54, 1.807) is 24.3 Å². The second-order valence-electron chi connectivity index (χ2n) is 7.28. The van der Waals surface area contributed by atoms with Crippen LogP contribution in [0.25, 0.3) is 16.6 Å². The molecule has 4 aromatic rings. The van der Waals surface area contributed by atoms with Gasteiger partial charge in [-0.15, -0.1) is 0 Å². The van der Waals surface area contributed by atoms with Gasteiger partial charge in [0, 0.05) is 6.07 Å². The van der Waals surface area contributed by atoms with Crippen molar-refractivity contribution in [3.63, 3.8) is 0 Å². The van der Waals surface area contributed by atoms with Gasteiger partial charge in [-0.1, -0.05) is 30.0 Å². The first-order valence-corrected chi connectivity index (χ1v) is 10.8. The highest BCUT2D eigenvalue weighted by Crippen LogP contribution is 2.23. The van der Waals surface area contributed by atoms with E-state index >= 15 is 0 Å². The molecule has 0 aliphatic rings. The van der Waals surface area contributed by atoms with Crippen molar-refractivity contribution in [1.29, 1.82) is 0 Å². The van der Waals surface area contributed by atoms with Crippen molar-refractivity contribution >= 4 is 34.3 Å². The van der Waals surface area contributed by atoms with Gasteiger partial charge < -0.3 is 5.32 Å². The van der Waals surface area contributed by atoms with E-state index in [2.05, 4.69) is 10.3 Å². The van der Waals surface area contributed by atoms with Gasteiger partial charge in [-0.05, 0) is 61.4 Å². The number of hydrogen-bond donors (Lipinski definition) is 1. The molecule has 0 radical (unpaired) electrons. The van der Waals surface area contributed by atoms with Crippen LogP contribution in [-0.2, 0) is 4.79 Å². The summed E-state index contributed by atoms with van der Waals surface area (Å²) < 4.78 is 28.4. The number of aromatic nitrogens is 2. The second-order valence-corrected chi connectivity index (χ2v) is 8.22. The van der Waals surface area contributed by atoms with Crippen LogP contribution in [-0.4, -0.2) is 21.2 Å². The molecule has 3 aromatic carbocycles. The molecule has 4 rings (SSSR count). The Morgan fingerprint density at radius 1 is 1.03 bits per heavy atom. The van der Waals surface area contributed by atoms with Gasteiger partial charge in [-0.2, -0.15) is 0 Å². The average Bonchev–Trinajstić information content (AvgIpc) is 2.76. The van der Waals surface area contributed by atoms with E-state index in [1.807, 2.05) is 32.0 Å². The van der Waals surface area contributed by atoms with Crippen LogP contribution in [0.15, 0.2) is 70.6 Å². The predicted molar refractivity (Wildman–Crippen MR) is 123 cm³/mol. The number of benzene rings is 3. The molecule has 0 spiro atoms. The van der Waals surface area contributed by atoms with Crippen molar-refractivity contribution in [2.75, 3.05) is 11.1 Å². The van der Waals surface area contributed by atoms with Gasteiger partial charge in [0.25, 0.3) is 5.56 Å². The molecule has 0 aliphatic carbocycles. The number of para-hydroxylation sites is 1. The van der Waals surface area contributed by atoms with Gasteiger partial charge in [-0.25, -0.2) is 13.8 Å². The zero-order valence-corrected chi connectivity index (χ0v) is 18.2. The van der Waals surface area contributed by atoms with Crippen LogP contribution >= 0.6 is 11.8 Å². The highest BCUT2D eigenvalue weighted by molar-refractivity contribution is 7.99. The Morgan fingerprint density at radius 3 is 2.56 bits per heavy atom. The fraction of sp³-hybridized carbons (Fsp3) is 0.125. The summed E-state index contributed by atoms with van der Waals surface area (Å²) in [5.41, 5.74) is 2.91. The molecule has 32 heavy (non-hydrogen) atoms. The normalized spacial score (nSPS) is 11.0. The summed E-state index contributed by atoms with van der Waals surface area (Å²) >= 11 is 1.06. The number of carbonyl (C=O) groups excluding carboxylic acids is 1. The third kappa shape index (κ3) is 4.40. The topological polar surface area (TPSA) is 64.0 Å². The number of halogens is 2. The molecule has 0 aliphatic heterocycles. The molecule has 0 fully saturated rings. The second kappa shape index (κ2) is 8.92. The lowest BCUT2D eigenvalue weighted by Gasteiger charge is -2.14. The molecular weight excluding hydrogens is 432 g/mol. The first-order valence-electron chi connectivity index (χ1n) is 9.80. The maximum Gasteiger partial charge on any atom is 0.266 e. The Hall–Kier alpha value is -3.52. The fourth-order valence-corrected chi connectivity index (χ4v) is 4.02. The molecule has 1 N–H and O–H groups in total. The van der Waals surface area contributed by atoms with Gasteiger partial charge in [0.05, 0.1) is 28.0 Å². The minimum atomic E-state index is -0.862. The lowest BCUT2D eigenvalue weighted by Crippen LogP contribution is -2.23. The SMILES string of the molecule is Cc1ccc(-n2c(SCC(=O)Nc3ccc(F)cc3F)nc3ccccc3c2=O)cc1C. The lowest BCUT2D eigenvalue weighted by molar-refractivity contribution is -0.113. The minimum Gasteiger partial charge on any atom is -0.323 e. The van der Waals surface area contributed by atoms with Crippen molar-refractivity contribution in [2.24, 2.45) is 0 Å². The van der Waals surface area contributed by atoms with Gasteiger partial charge in [0.2, 0.25) is 5.91 Å². The number of anilines is 1. The van der Waals surface area contributed by atoms with Crippen LogP contribution in [0, 0.1) is 25.5 Å². The quantitative estimate of drug-likeness (QED) is 0.342. The number of amides is 1. The Bertz CT molecular complexity index is 1400. The summed E-state index contributed by atoms with van der Waals surface area (Å²) in [6.45, 7) is 3.94. The van der Waals surface area contributed by atoms with E-state index in [0.717, 1.165) is 35.0 Å². The molecule has 162 valence electrons. The van der Waals surface area contributed by atoms with E-state index < -0.39 is 17.5 Å². The molecule has 0 saturated heterocycles. The van der Waals surface area contributed by atoms with Crippen molar-refractivity contribution in [3.05, 3.63) is 93.8 Å². The summed E-state index contributed by atoms with van der Waals surface area (Å²) in [5, 5.41) is 3.22. The molecule has 1 heterocycles. The third-order valence-electron chi connectivity index (χ3n) is 5.03. The summed E-state index contributed by atoms with van der Waals surface area (Å²) in [5.74, 6) is -2.21. The Kier molecular flexibility index (Phi) is 6.05. The number of aryl methyl sites for hydroxylation is 2. The van der Waals surface area contributed by atoms with Gasteiger partial charge in [0.1, 0.15) is 11.6 Å². The average molecular weight is 451 g/mol. The largest absolute Gasteiger partial charge is 0.323 e. The molecule has 0 saturated carbocycles. The van der Waals surface area contributed by atoms with E-state index in [0.29, 0.717) is 27.8 Å². The lowest BCUT2D eigenvalue weighted by atomic mass is 10.1. The summed E-state index contributed by atoms with van der Waals surface area (Å²) in [6.07, 6.45) is 0. The first-order chi connectivity index (χ1) is 15.3. The van der Waals surface area contributed by atoms with Crippen LogP contribution in [0.1, 0.15) is 11.1 Å². The standard InChI is InChI=1S/C24H19F2N3O2S/c1-14-7-9-17(11-15(14)2)29-23(31)18-5-3-4-6-20(18)28-24(29)32-13-22(30)27-21-10-8-16(25)12-19(21)26/h3-12H,13H2,1-2H3,(H,27,30). The van der Waals surface area contributed by atoms with Crippen molar-refractivity contribution in [2.45, 2.75) is 19.0 Å². The molecule has 0 atom stereocenters. The summed E-state index contributed by atoms with van der Waals surface area (Å²) in [4.78, 5) is 30.3. The van der Waals surface area contributed by atoms with Crippen LogP contribution in [0.3, 0.4) is 0 Å². The molecule has 8 heteroatoms. The van der Waals surface area contributed by atoms with E-state index in [9.17, 15) is 18.4 Å². The maximum atomic E-state index is 13.8. The number of hydrogen-bond acceptors (Lipinski definition) is 4. The minimum absolute atomic E-state index is 0.116. The predicted octanol–water partition coefficient (Wildman–Crippen LogP) is 5.01. The van der Waals surface area contributed by atoms with Crippen LogP contribution in [0.4, 0.5) is 14.5 Å². The monoisotopic (exact) mass is 451 g/mol. The molecule has 0 unspecified atom stereocenters. The van der Waals surface area contributed by atoms with E-state index in [4.69, 9.17) is 0 Å². The molecular formula is C24H19F2N3O2S. The number of thioether (sulfide) groups is 1. The van der Waals surface area contributed by atoms with Crippen LogP contribution in [0.5, 0.6) is 0 Å². The number of nitrogens with zero attached hydrogens (tertiary/aromatic N) is 2. The van der Waals surface area contributed by atoms with Crippen molar-refractivity contribution < 1.29 is 13.6 Å². The molecule has 1 aromatic heterocycles. The van der Waals surface area contributed by atoms with Crippen LogP contribution < -0.4 is 10.9 Å². The summed E-state index contributed by atoms with van der Waals surface area (Å²) in [6, 6.07) is 15.6. The van der Waals surface area contributed by atoms with Gasteiger partial charge >= 0.3 is 0 Å². The van der Waals surface area contributed by atoms with Crippen LogP contribution in [0.2, 0.25) is 0 Å². The van der Waals surface area contributed by atoms with Crippen molar-refractivity contribution in [1.82, 2.24) is 9.55 Å². The molecule has 1 amide bonds. The van der Waals surface area contributed by atoms with Gasteiger partial charge in [0.15, 0.2) is 5.16 Å². The third-order valence-corrected chi connectivity index (χ3v) is 5.97. The zero-order valence-electron chi connectivity index (χ0n) is 17.4. The Balaban J connectivity index is 1.68. The number of carbonyl (C=O) groups is 1. The molecule has 5 nitrogen and oxygen atoms in total. The zero-order chi connectivity index (χ0) is 22.8. The number of nitrogens with one attached hydrogen (secondary N) is 1. The van der Waals surface area contributed by atoms with E-state index in [-0.39, 0.29) is 17.0 Å². The molecule has 0 bridgehead atoms. The highest BCUT2D eigenvalue weighted by atomic mass is 32.2. The summed E-state index contributed by atoms with van der Waals surface area (Å²) in [7, 11) is 0. The highest BCUT2D eigenvalue weighted by Gasteiger charge is 2.16. The number of fused-ring (bicyclic) bond motifs is 1. The fourth-order valence-electron chi connectivity index (χ4n) is 3.21.